The molecular formula is C17H15FN2. The second kappa shape index (κ2) is 5.70. The van der Waals surface area contributed by atoms with Gasteiger partial charge in [0, 0.05) is 11.3 Å². The highest BCUT2D eigenvalue weighted by Crippen LogP contribution is 2.17. The average molecular weight is 266 g/mol. The molecule has 1 heterocycles. The van der Waals surface area contributed by atoms with Gasteiger partial charge in [-0.1, -0.05) is 42.5 Å². The number of hydrogen-bond donors (Lipinski definition) is 1. The zero-order valence-electron chi connectivity index (χ0n) is 11.0. The highest BCUT2D eigenvalue weighted by molar-refractivity contribution is 5.58. The standard InChI is InChI=1S/C17H15FN2/c18-15-9-6-13(7-10-15)8-11-16-12-17(20-19-16)14-4-2-1-3-5-14/h1-7,9-10,12H,8,11H2,(H,19,20). The first-order valence-corrected chi connectivity index (χ1v) is 6.65. The van der Waals surface area contributed by atoms with E-state index in [1.165, 1.54) is 12.1 Å². The summed E-state index contributed by atoms with van der Waals surface area (Å²) in [7, 11) is 0. The predicted octanol–water partition coefficient (Wildman–Crippen LogP) is 4.00. The highest BCUT2D eigenvalue weighted by Gasteiger charge is 2.04. The molecule has 0 radical (unpaired) electrons. The van der Waals surface area contributed by atoms with Crippen LogP contribution >= 0.6 is 0 Å². The molecule has 3 aromatic rings. The van der Waals surface area contributed by atoms with Crippen molar-refractivity contribution in [2.45, 2.75) is 12.8 Å². The van der Waals surface area contributed by atoms with Gasteiger partial charge in [-0.3, -0.25) is 5.10 Å². The molecule has 0 unspecified atom stereocenters. The zero-order chi connectivity index (χ0) is 13.8. The van der Waals surface area contributed by atoms with Gasteiger partial charge in [-0.15, -0.1) is 0 Å². The topological polar surface area (TPSA) is 28.7 Å². The van der Waals surface area contributed by atoms with Crippen LogP contribution in [-0.4, -0.2) is 10.2 Å². The third-order valence-corrected chi connectivity index (χ3v) is 3.30. The van der Waals surface area contributed by atoms with E-state index < -0.39 is 0 Å². The monoisotopic (exact) mass is 266 g/mol. The van der Waals surface area contributed by atoms with Crippen molar-refractivity contribution in [2.24, 2.45) is 0 Å². The fraction of sp³-hybridized carbons (Fsp3) is 0.118. The molecule has 3 heteroatoms. The van der Waals surface area contributed by atoms with E-state index in [-0.39, 0.29) is 5.82 Å². The Kier molecular flexibility index (Phi) is 3.59. The van der Waals surface area contributed by atoms with Crippen LogP contribution in [0.3, 0.4) is 0 Å². The van der Waals surface area contributed by atoms with E-state index in [9.17, 15) is 4.39 Å². The first-order valence-electron chi connectivity index (χ1n) is 6.65. The SMILES string of the molecule is Fc1ccc(CCc2cc(-c3ccccc3)n[nH]2)cc1. The fourth-order valence-corrected chi connectivity index (χ4v) is 2.18. The van der Waals surface area contributed by atoms with Crippen LogP contribution in [0.4, 0.5) is 4.39 Å². The van der Waals surface area contributed by atoms with Crippen molar-refractivity contribution in [2.75, 3.05) is 0 Å². The molecular weight excluding hydrogens is 251 g/mol. The molecule has 0 aliphatic heterocycles. The van der Waals surface area contributed by atoms with Crippen LogP contribution in [0, 0.1) is 5.82 Å². The minimum Gasteiger partial charge on any atom is -0.282 e. The molecule has 0 aliphatic rings. The van der Waals surface area contributed by atoms with E-state index in [1.807, 2.05) is 42.5 Å². The molecule has 3 rings (SSSR count). The third kappa shape index (κ3) is 2.94. The van der Waals surface area contributed by atoms with Crippen molar-refractivity contribution in [1.29, 1.82) is 0 Å². The average Bonchev–Trinajstić information content (AvgIpc) is 2.97. The lowest BCUT2D eigenvalue weighted by molar-refractivity contribution is 0.627. The van der Waals surface area contributed by atoms with Gasteiger partial charge < -0.3 is 0 Å². The Hall–Kier alpha value is -2.42. The van der Waals surface area contributed by atoms with Gasteiger partial charge in [0.25, 0.3) is 0 Å². The summed E-state index contributed by atoms with van der Waals surface area (Å²) in [4.78, 5) is 0. The summed E-state index contributed by atoms with van der Waals surface area (Å²) >= 11 is 0. The molecule has 100 valence electrons. The number of nitrogens with one attached hydrogen (secondary N) is 1. The summed E-state index contributed by atoms with van der Waals surface area (Å²) < 4.78 is 12.8. The van der Waals surface area contributed by atoms with Gasteiger partial charge in [-0.25, -0.2) is 4.39 Å². The molecule has 2 nitrogen and oxygen atoms in total. The molecule has 0 atom stereocenters. The van der Waals surface area contributed by atoms with Gasteiger partial charge in [-0.05, 0) is 36.6 Å². The minimum absolute atomic E-state index is 0.193. The van der Waals surface area contributed by atoms with E-state index >= 15 is 0 Å². The summed E-state index contributed by atoms with van der Waals surface area (Å²) in [6.45, 7) is 0. The molecule has 0 fully saturated rings. The zero-order valence-corrected chi connectivity index (χ0v) is 11.0. The van der Waals surface area contributed by atoms with Gasteiger partial charge in [0.15, 0.2) is 0 Å². The molecule has 0 bridgehead atoms. The molecule has 1 aromatic heterocycles. The smallest absolute Gasteiger partial charge is 0.123 e. The largest absolute Gasteiger partial charge is 0.282 e. The number of nitrogens with zero attached hydrogens (tertiary/aromatic N) is 1. The van der Waals surface area contributed by atoms with Crippen molar-refractivity contribution in [1.82, 2.24) is 10.2 Å². The number of aromatic amines is 1. The highest BCUT2D eigenvalue weighted by atomic mass is 19.1. The van der Waals surface area contributed by atoms with E-state index in [1.54, 1.807) is 0 Å². The Morgan fingerprint density at radius 2 is 1.65 bits per heavy atom. The summed E-state index contributed by atoms with van der Waals surface area (Å²) in [5.74, 6) is -0.193. The second-order valence-corrected chi connectivity index (χ2v) is 4.77. The quantitative estimate of drug-likeness (QED) is 0.759. The Labute approximate surface area is 117 Å². The summed E-state index contributed by atoms with van der Waals surface area (Å²) in [5.41, 5.74) is 4.28. The van der Waals surface area contributed by atoms with Crippen LogP contribution in [0.15, 0.2) is 60.7 Å². The van der Waals surface area contributed by atoms with Crippen molar-refractivity contribution in [3.05, 3.63) is 77.7 Å². The van der Waals surface area contributed by atoms with Crippen molar-refractivity contribution < 1.29 is 4.39 Å². The number of rotatable bonds is 4. The normalized spacial score (nSPS) is 10.7. The lowest BCUT2D eigenvalue weighted by Gasteiger charge is -1.99. The molecule has 0 saturated carbocycles. The third-order valence-electron chi connectivity index (χ3n) is 3.30. The van der Waals surface area contributed by atoms with Crippen LogP contribution < -0.4 is 0 Å². The van der Waals surface area contributed by atoms with Crippen molar-refractivity contribution >= 4 is 0 Å². The lowest BCUT2D eigenvalue weighted by Crippen LogP contribution is -1.91. The van der Waals surface area contributed by atoms with Gasteiger partial charge in [0.05, 0.1) is 5.69 Å². The van der Waals surface area contributed by atoms with E-state index in [2.05, 4.69) is 16.3 Å². The Morgan fingerprint density at radius 1 is 0.900 bits per heavy atom. The van der Waals surface area contributed by atoms with E-state index in [0.717, 1.165) is 35.4 Å². The molecule has 20 heavy (non-hydrogen) atoms. The predicted molar refractivity (Wildman–Crippen MR) is 77.8 cm³/mol. The molecule has 0 spiro atoms. The molecule has 0 amide bonds. The number of hydrogen-bond acceptors (Lipinski definition) is 1. The first kappa shape index (κ1) is 12.6. The van der Waals surface area contributed by atoms with E-state index in [4.69, 9.17) is 0 Å². The van der Waals surface area contributed by atoms with Crippen LogP contribution in [0.5, 0.6) is 0 Å². The molecule has 1 N–H and O–H groups in total. The molecule has 2 aromatic carbocycles. The number of aromatic nitrogens is 2. The number of H-pyrrole nitrogens is 1. The summed E-state index contributed by atoms with van der Waals surface area (Å²) in [5, 5.41) is 7.39. The molecule has 0 aliphatic carbocycles. The van der Waals surface area contributed by atoms with Crippen LogP contribution in [0.25, 0.3) is 11.3 Å². The fourth-order valence-electron chi connectivity index (χ4n) is 2.18. The maximum atomic E-state index is 12.8. The van der Waals surface area contributed by atoms with Gasteiger partial charge >= 0.3 is 0 Å². The van der Waals surface area contributed by atoms with E-state index in [0.29, 0.717) is 0 Å². The Bertz CT molecular complexity index is 672. The Morgan fingerprint density at radius 3 is 2.40 bits per heavy atom. The summed E-state index contributed by atoms with van der Waals surface area (Å²) in [6.07, 6.45) is 1.74. The number of halogens is 1. The molecule has 0 saturated heterocycles. The van der Waals surface area contributed by atoms with Crippen LogP contribution in [0.2, 0.25) is 0 Å². The summed E-state index contributed by atoms with van der Waals surface area (Å²) in [6, 6.07) is 18.8. The number of aryl methyl sites for hydroxylation is 2. The van der Waals surface area contributed by atoms with Crippen molar-refractivity contribution in [3.63, 3.8) is 0 Å². The minimum atomic E-state index is -0.193. The Balaban J connectivity index is 1.67. The van der Waals surface area contributed by atoms with Crippen LogP contribution in [-0.2, 0) is 12.8 Å². The van der Waals surface area contributed by atoms with Crippen LogP contribution in [0.1, 0.15) is 11.3 Å². The van der Waals surface area contributed by atoms with Gasteiger partial charge in [-0.2, -0.15) is 5.10 Å². The maximum Gasteiger partial charge on any atom is 0.123 e. The van der Waals surface area contributed by atoms with Gasteiger partial charge in [0.2, 0.25) is 0 Å². The first-order chi connectivity index (χ1) is 9.81. The van der Waals surface area contributed by atoms with Gasteiger partial charge in [0.1, 0.15) is 5.82 Å². The maximum absolute atomic E-state index is 12.8. The lowest BCUT2D eigenvalue weighted by atomic mass is 10.1. The number of benzene rings is 2. The second-order valence-electron chi connectivity index (χ2n) is 4.77. The van der Waals surface area contributed by atoms with Crippen molar-refractivity contribution in [3.8, 4) is 11.3 Å².